The van der Waals surface area contributed by atoms with Gasteiger partial charge in [-0.25, -0.2) is 4.79 Å². The topological polar surface area (TPSA) is 125 Å². The SMILES string of the molecule is CC(C)(C)OC(=O)CCC1Cc2cc(C(N)=NO)ccc2N1C(=O)O. The van der Waals surface area contributed by atoms with E-state index in [-0.39, 0.29) is 24.3 Å². The first-order chi connectivity index (χ1) is 11.6. The molecule has 0 saturated carbocycles. The first-order valence-corrected chi connectivity index (χ1v) is 7.97. The summed E-state index contributed by atoms with van der Waals surface area (Å²) in [5.74, 6) is -0.395. The number of carboxylic acid groups (broad SMARTS) is 1. The number of rotatable bonds is 4. The van der Waals surface area contributed by atoms with Gasteiger partial charge in [0.05, 0.1) is 5.69 Å². The second kappa shape index (κ2) is 7.00. The second-order valence-electron chi connectivity index (χ2n) is 6.96. The molecule has 1 heterocycles. The van der Waals surface area contributed by atoms with E-state index in [1.54, 1.807) is 39.0 Å². The minimum Gasteiger partial charge on any atom is -0.465 e. The lowest BCUT2D eigenvalue weighted by atomic mass is 10.0. The van der Waals surface area contributed by atoms with Crippen LogP contribution in [0.3, 0.4) is 0 Å². The van der Waals surface area contributed by atoms with Crippen molar-refractivity contribution in [3.05, 3.63) is 29.3 Å². The maximum Gasteiger partial charge on any atom is 0.412 e. The molecule has 1 aromatic carbocycles. The number of amidine groups is 1. The van der Waals surface area contributed by atoms with E-state index in [2.05, 4.69) is 5.16 Å². The fourth-order valence-electron chi connectivity index (χ4n) is 2.91. The molecule has 0 saturated heterocycles. The van der Waals surface area contributed by atoms with Gasteiger partial charge in [-0.05, 0) is 57.4 Å². The number of ether oxygens (including phenoxy) is 1. The summed E-state index contributed by atoms with van der Waals surface area (Å²) in [5.41, 5.74) is 6.86. The Labute approximate surface area is 145 Å². The molecule has 0 fully saturated rings. The highest BCUT2D eigenvalue weighted by molar-refractivity contribution is 5.99. The molecule has 0 aliphatic carbocycles. The summed E-state index contributed by atoms with van der Waals surface area (Å²) in [7, 11) is 0. The molecule has 25 heavy (non-hydrogen) atoms. The normalized spacial score (nSPS) is 17.3. The maximum absolute atomic E-state index is 11.9. The first-order valence-electron chi connectivity index (χ1n) is 7.97. The van der Waals surface area contributed by atoms with Crippen LogP contribution >= 0.6 is 0 Å². The van der Waals surface area contributed by atoms with Crippen LogP contribution in [0, 0.1) is 0 Å². The van der Waals surface area contributed by atoms with E-state index in [0.717, 1.165) is 5.56 Å². The summed E-state index contributed by atoms with van der Waals surface area (Å²) in [6.07, 6.45) is -0.136. The van der Waals surface area contributed by atoms with E-state index in [1.165, 1.54) is 4.90 Å². The molecule has 1 amide bonds. The Hall–Kier alpha value is -2.77. The molecule has 1 aliphatic heterocycles. The summed E-state index contributed by atoms with van der Waals surface area (Å²) >= 11 is 0. The number of benzene rings is 1. The van der Waals surface area contributed by atoms with E-state index < -0.39 is 11.7 Å². The number of nitrogens with two attached hydrogens (primary N) is 1. The van der Waals surface area contributed by atoms with Gasteiger partial charge in [-0.3, -0.25) is 9.69 Å². The Morgan fingerprint density at radius 1 is 1.40 bits per heavy atom. The molecule has 8 nitrogen and oxygen atoms in total. The molecule has 2 rings (SSSR count). The van der Waals surface area contributed by atoms with Crippen molar-refractivity contribution in [1.82, 2.24) is 0 Å². The Morgan fingerprint density at radius 3 is 2.64 bits per heavy atom. The number of carbonyl (C=O) groups is 2. The highest BCUT2D eigenvalue weighted by Crippen LogP contribution is 2.35. The van der Waals surface area contributed by atoms with Crippen molar-refractivity contribution in [1.29, 1.82) is 0 Å². The van der Waals surface area contributed by atoms with Crippen LogP contribution in [0.1, 0.15) is 44.7 Å². The zero-order valence-electron chi connectivity index (χ0n) is 14.5. The van der Waals surface area contributed by atoms with Crippen molar-refractivity contribution in [2.45, 2.75) is 51.7 Å². The summed E-state index contributed by atoms with van der Waals surface area (Å²) in [5, 5.41) is 21.3. The molecule has 0 radical (unpaired) electrons. The molecular formula is C17H23N3O5. The van der Waals surface area contributed by atoms with E-state index in [0.29, 0.717) is 24.1 Å². The number of esters is 1. The third-order valence-electron chi connectivity index (χ3n) is 3.87. The highest BCUT2D eigenvalue weighted by atomic mass is 16.6. The Morgan fingerprint density at radius 2 is 2.08 bits per heavy atom. The zero-order chi connectivity index (χ0) is 18.8. The minimum absolute atomic E-state index is 0.0399. The lowest BCUT2D eigenvalue weighted by Gasteiger charge is -2.23. The number of anilines is 1. The van der Waals surface area contributed by atoms with Gasteiger partial charge in [0.2, 0.25) is 0 Å². The molecule has 1 aliphatic rings. The lowest BCUT2D eigenvalue weighted by molar-refractivity contribution is -0.155. The van der Waals surface area contributed by atoms with Crippen LogP contribution in [-0.4, -0.2) is 39.9 Å². The van der Waals surface area contributed by atoms with Gasteiger partial charge in [0.15, 0.2) is 5.84 Å². The summed E-state index contributed by atoms with van der Waals surface area (Å²) in [6, 6.07) is 4.57. The van der Waals surface area contributed by atoms with Crippen LogP contribution in [0.25, 0.3) is 0 Å². The standard InChI is InChI=1S/C17H23N3O5/c1-17(2,3)25-14(21)7-5-12-9-11-8-10(15(18)19-24)4-6-13(11)20(12)16(22)23/h4,6,8,12,24H,5,7,9H2,1-3H3,(H2,18,19)(H,22,23). The van der Waals surface area contributed by atoms with Gasteiger partial charge in [-0.15, -0.1) is 0 Å². The van der Waals surface area contributed by atoms with E-state index in [9.17, 15) is 14.7 Å². The molecule has 1 unspecified atom stereocenters. The number of hydrogen-bond donors (Lipinski definition) is 3. The molecule has 0 aromatic heterocycles. The quantitative estimate of drug-likeness (QED) is 0.252. The number of fused-ring (bicyclic) bond motifs is 1. The molecule has 0 bridgehead atoms. The zero-order valence-corrected chi connectivity index (χ0v) is 14.5. The molecular weight excluding hydrogens is 326 g/mol. The average Bonchev–Trinajstić information content (AvgIpc) is 2.88. The first kappa shape index (κ1) is 18.6. The van der Waals surface area contributed by atoms with Gasteiger partial charge in [0, 0.05) is 18.0 Å². The second-order valence-corrected chi connectivity index (χ2v) is 6.96. The monoisotopic (exact) mass is 349 g/mol. The predicted octanol–water partition coefficient (Wildman–Crippen LogP) is 2.31. The highest BCUT2D eigenvalue weighted by Gasteiger charge is 2.34. The Kier molecular flexibility index (Phi) is 5.20. The Balaban J connectivity index is 2.15. The predicted molar refractivity (Wildman–Crippen MR) is 92.0 cm³/mol. The van der Waals surface area contributed by atoms with Crippen LogP contribution in [0.15, 0.2) is 23.4 Å². The number of nitrogens with zero attached hydrogens (tertiary/aromatic N) is 2. The van der Waals surface area contributed by atoms with E-state index >= 15 is 0 Å². The number of amides is 1. The molecule has 0 spiro atoms. The number of oxime groups is 1. The van der Waals surface area contributed by atoms with Gasteiger partial charge >= 0.3 is 12.1 Å². The third-order valence-corrected chi connectivity index (χ3v) is 3.87. The van der Waals surface area contributed by atoms with Gasteiger partial charge in [0.1, 0.15) is 5.60 Å². The molecule has 136 valence electrons. The smallest absolute Gasteiger partial charge is 0.412 e. The average molecular weight is 349 g/mol. The van der Waals surface area contributed by atoms with Gasteiger partial charge in [-0.1, -0.05) is 5.16 Å². The van der Waals surface area contributed by atoms with Crippen LogP contribution in [0.5, 0.6) is 0 Å². The third kappa shape index (κ3) is 4.40. The fourth-order valence-corrected chi connectivity index (χ4v) is 2.91. The number of carbonyl (C=O) groups excluding carboxylic acids is 1. The van der Waals surface area contributed by atoms with Crippen molar-refractivity contribution in [2.75, 3.05) is 4.90 Å². The summed E-state index contributed by atoms with van der Waals surface area (Å²) in [6.45, 7) is 5.36. The minimum atomic E-state index is -1.08. The van der Waals surface area contributed by atoms with E-state index in [4.69, 9.17) is 15.7 Å². The Bertz CT molecular complexity index is 709. The summed E-state index contributed by atoms with van der Waals surface area (Å²) in [4.78, 5) is 24.8. The summed E-state index contributed by atoms with van der Waals surface area (Å²) < 4.78 is 5.27. The molecule has 1 atom stereocenters. The fraction of sp³-hybridized carbons (Fsp3) is 0.471. The van der Waals surface area contributed by atoms with Gasteiger partial charge in [-0.2, -0.15) is 0 Å². The maximum atomic E-state index is 11.9. The van der Waals surface area contributed by atoms with Crippen LogP contribution in [0.4, 0.5) is 10.5 Å². The molecule has 4 N–H and O–H groups in total. The molecule has 8 heteroatoms. The van der Waals surface area contributed by atoms with Crippen molar-refractivity contribution >= 4 is 23.6 Å². The van der Waals surface area contributed by atoms with Crippen LogP contribution < -0.4 is 10.6 Å². The number of hydrogen-bond acceptors (Lipinski definition) is 5. The van der Waals surface area contributed by atoms with Crippen molar-refractivity contribution < 1.29 is 24.6 Å². The largest absolute Gasteiger partial charge is 0.465 e. The van der Waals surface area contributed by atoms with Gasteiger partial charge in [0.25, 0.3) is 0 Å². The van der Waals surface area contributed by atoms with Crippen LogP contribution in [0.2, 0.25) is 0 Å². The van der Waals surface area contributed by atoms with E-state index in [1.807, 2.05) is 0 Å². The lowest BCUT2D eigenvalue weighted by Crippen LogP contribution is -2.37. The van der Waals surface area contributed by atoms with Crippen molar-refractivity contribution in [3.63, 3.8) is 0 Å². The molecule has 1 aromatic rings. The van der Waals surface area contributed by atoms with Crippen molar-refractivity contribution in [3.8, 4) is 0 Å². The van der Waals surface area contributed by atoms with Crippen LogP contribution in [-0.2, 0) is 16.0 Å². The van der Waals surface area contributed by atoms with Crippen molar-refractivity contribution in [2.24, 2.45) is 10.9 Å². The van der Waals surface area contributed by atoms with Gasteiger partial charge < -0.3 is 20.8 Å².